The number of hydrogen-bond donors (Lipinski definition) is 1. The first kappa shape index (κ1) is 15.2. The summed E-state index contributed by atoms with van der Waals surface area (Å²) < 4.78 is 11.9. The average molecular weight is 277 g/mol. The standard InChI is InChI=1S/C17H27NO2/c1-12(2)8-9-19-13-6-7-14-15(18-5)11-17(3,4)20-16(14)10-13/h6-7,10,12,15,18H,8-9,11H2,1-5H3. The normalized spacial score (nSPS) is 20.4. The number of rotatable bonds is 5. The van der Waals surface area contributed by atoms with Gasteiger partial charge in [-0.25, -0.2) is 0 Å². The lowest BCUT2D eigenvalue weighted by Crippen LogP contribution is -2.38. The predicted octanol–water partition coefficient (Wildman–Crippen LogP) is 3.93. The van der Waals surface area contributed by atoms with E-state index in [4.69, 9.17) is 9.47 Å². The number of nitrogens with one attached hydrogen (secondary N) is 1. The van der Waals surface area contributed by atoms with Crippen LogP contribution in [-0.4, -0.2) is 19.3 Å². The van der Waals surface area contributed by atoms with Crippen molar-refractivity contribution in [3.63, 3.8) is 0 Å². The highest BCUT2D eigenvalue weighted by Gasteiger charge is 2.33. The summed E-state index contributed by atoms with van der Waals surface area (Å²) in [6.07, 6.45) is 2.05. The smallest absolute Gasteiger partial charge is 0.128 e. The monoisotopic (exact) mass is 277 g/mol. The molecule has 1 atom stereocenters. The van der Waals surface area contributed by atoms with Gasteiger partial charge in [0.2, 0.25) is 0 Å². The molecular weight excluding hydrogens is 250 g/mol. The lowest BCUT2D eigenvalue weighted by Gasteiger charge is -2.37. The Hall–Kier alpha value is -1.22. The Balaban J connectivity index is 2.13. The van der Waals surface area contributed by atoms with Gasteiger partial charge in [-0.05, 0) is 39.3 Å². The van der Waals surface area contributed by atoms with Crippen molar-refractivity contribution >= 4 is 0 Å². The van der Waals surface area contributed by atoms with Crippen molar-refractivity contribution < 1.29 is 9.47 Å². The van der Waals surface area contributed by atoms with E-state index in [9.17, 15) is 0 Å². The lowest BCUT2D eigenvalue weighted by atomic mass is 9.90. The molecule has 0 radical (unpaired) electrons. The molecule has 3 heteroatoms. The minimum absolute atomic E-state index is 0.142. The van der Waals surface area contributed by atoms with Crippen molar-refractivity contribution in [3.05, 3.63) is 23.8 Å². The first-order valence-electron chi connectivity index (χ1n) is 7.54. The molecule has 0 amide bonds. The van der Waals surface area contributed by atoms with E-state index in [1.54, 1.807) is 0 Å². The predicted molar refractivity (Wildman–Crippen MR) is 82.5 cm³/mol. The van der Waals surface area contributed by atoms with Gasteiger partial charge in [-0.15, -0.1) is 0 Å². The summed E-state index contributed by atoms with van der Waals surface area (Å²) >= 11 is 0. The molecule has 20 heavy (non-hydrogen) atoms. The molecule has 1 aromatic carbocycles. The maximum atomic E-state index is 6.10. The third-order valence-electron chi connectivity index (χ3n) is 3.75. The zero-order valence-electron chi connectivity index (χ0n) is 13.3. The molecule has 0 aromatic heterocycles. The van der Waals surface area contributed by atoms with E-state index in [0.29, 0.717) is 12.0 Å². The zero-order valence-corrected chi connectivity index (χ0v) is 13.3. The lowest BCUT2D eigenvalue weighted by molar-refractivity contribution is 0.0671. The van der Waals surface area contributed by atoms with E-state index in [1.807, 2.05) is 19.2 Å². The molecule has 3 nitrogen and oxygen atoms in total. The Morgan fingerprint density at radius 1 is 1.40 bits per heavy atom. The maximum Gasteiger partial charge on any atom is 0.128 e. The SMILES string of the molecule is CNC1CC(C)(C)Oc2cc(OCCC(C)C)ccc21. The molecule has 0 spiro atoms. The van der Waals surface area contributed by atoms with E-state index in [2.05, 4.69) is 39.1 Å². The Bertz CT molecular complexity index is 454. The fraction of sp³-hybridized carbons (Fsp3) is 0.647. The largest absolute Gasteiger partial charge is 0.493 e. The first-order chi connectivity index (χ1) is 9.41. The van der Waals surface area contributed by atoms with Crippen LogP contribution < -0.4 is 14.8 Å². The molecule has 112 valence electrons. The van der Waals surface area contributed by atoms with Gasteiger partial charge in [-0.1, -0.05) is 19.9 Å². The molecular formula is C17H27NO2. The maximum absolute atomic E-state index is 6.10. The van der Waals surface area contributed by atoms with E-state index in [0.717, 1.165) is 30.9 Å². The minimum Gasteiger partial charge on any atom is -0.493 e. The van der Waals surface area contributed by atoms with Crippen LogP contribution >= 0.6 is 0 Å². The second kappa shape index (κ2) is 6.04. The van der Waals surface area contributed by atoms with Gasteiger partial charge in [0, 0.05) is 24.1 Å². The third kappa shape index (κ3) is 3.66. The molecule has 1 heterocycles. The fourth-order valence-corrected chi connectivity index (χ4v) is 2.59. The highest BCUT2D eigenvalue weighted by atomic mass is 16.5. The molecule has 0 fully saturated rings. The summed E-state index contributed by atoms with van der Waals surface area (Å²) in [4.78, 5) is 0. The Morgan fingerprint density at radius 2 is 2.15 bits per heavy atom. The molecule has 1 aromatic rings. The highest BCUT2D eigenvalue weighted by Crippen LogP contribution is 2.40. The van der Waals surface area contributed by atoms with Crippen molar-refractivity contribution in [2.24, 2.45) is 5.92 Å². The Kier molecular flexibility index (Phi) is 4.59. The third-order valence-corrected chi connectivity index (χ3v) is 3.75. The van der Waals surface area contributed by atoms with E-state index < -0.39 is 0 Å². The summed E-state index contributed by atoms with van der Waals surface area (Å²) in [6.45, 7) is 9.44. The van der Waals surface area contributed by atoms with Crippen LogP contribution in [0.5, 0.6) is 11.5 Å². The van der Waals surface area contributed by atoms with Crippen LogP contribution in [0.25, 0.3) is 0 Å². The molecule has 1 N–H and O–H groups in total. The summed E-state index contributed by atoms with van der Waals surface area (Å²) in [7, 11) is 2.00. The van der Waals surface area contributed by atoms with Gasteiger partial charge in [0.1, 0.15) is 17.1 Å². The van der Waals surface area contributed by atoms with Crippen LogP contribution in [0.15, 0.2) is 18.2 Å². The number of benzene rings is 1. The molecule has 2 rings (SSSR count). The van der Waals surface area contributed by atoms with Crippen molar-refractivity contribution in [1.82, 2.24) is 5.32 Å². The number of hydrogen-bond acceptors (Lipinski definition) is 3. The Morgan fingerprint density at radius 3 is 2.80 bits per heavy atom. The quantitative estimate of drug-likeness (QED) is 0.884. The summed E-state index contributed by atoms with van der Waals surface area (Å²) in [5.41, 5.74) is 1.08. The number of fused-ring (bicyclic) bond motifs is 1. The van der Waals surface area contributed by atoms with Crippen molar-refractivity contribution in [2.75, 3.05) is 13.7 Å². The van der Waals surface area contributed by atoms with Crippen molar-refractivity contribution in [1.29, 1.82) is 0 Å². The first-order valence-corrected chi connectivity index (χ1v) is 7.54. The molecule has 1 aliphatic rings. The molecule has 1 unspecified atom stereocenters. The molecule has 0 bridgehead atoms. The molecule has 0 saturated carbocycles. The van der Waals surface area contributed by atoms with Gasteiger partial charge in [-0.3, -0.25) is 0 Å². The van der Waals surface area contributed by atoms with Gasteiger partial charge in [-0.2, -0.15) is 0 Å². The fourth-order valence-electron chi connectivity index (χ4n) is 2.59. The summed E-state index contributed by atoms with van der Waals surface area (Å²) in [5.74, 6) is 2.51. The van der Waals surface area contributed by atoms with Crippen LogP contribution in [0, 0.1) is 5.92 Å². The van der Waals surface area contributed by atoms with E-state index in [1.165, 1.54) is 5.56 Å². The summed E-state index contributed by atoms with van der Waals surface area (Å²) in [5, 5.41) is 3.37. The van der Waals surface area contributed by atoms with E-state index >= 15 is 0 Å². The van der Waals surface area contributed by atoms with Crippen molar-refractivity contribution in [2.45, 2.75) is 52.2 Å². The van der Waals surface area contributed by atoms with Crippen LogP contribution in [0.3, 0.4) is 0 Å². The topological polar surface area (TPSA) is 30.5 Å². The minimum atomic E-state index is -0.142. The highest BCUT2D eigenvalue weighted by molar-refractivity contribution is 5.44. The molecule has 1 aliphatic heterocycles. The van der Waals surface area contributed by atoms with E-state index in [-0.39, 0.29) is 5.60 Å². The molecule has 0 saturated heterocycles. The van der Waals surface area contributed by atoms with Crippen molar-refractivity contribution in [3.8, 4) is 11.5 Å². The second-order valence-electron chi connectivity index (χ2n) is 6.64. The van der Waals surface area contributed by atoms with Gasteiger partial charge in [0.15, 0.2) is 0 Å². The van der Waals surface area contributed by atoms with Gasteiger partial charge < -0.3 is 14.8 Å². The zero-order chi connectivity index (χ0) is 14.8. The molecule has 0 aliphatic carbocycles. The van der Waals surface area contributed by atoms with Crippen LogP contribution in [0.2, 0.25) is 0 Å². The summed E-state index contributed by atoms with van der Waals surface area (Å²) in [6, 6.07) is 6.54. The number of ether oxygens (including phenoxy) is 2. The van der Waals surface area contributed by atoms with Gasteiger partial charge >= 0.3 is 0 Å². The second-order valence-corrected chi connectivity index (χ2v) is 6.64. The van der Waals surface area contributed by atoms with Crippen LogP contribution in [-0.2, 0) is 0 Å². The Labute approximate surface area is 122 Å². The van der Waals surface area contributed by atoms with Gasteiger partial charge in [0.05, 0.1) is 6.61 Å². The van der Waals surface area contributed by atoms with Crippen LogP contribution in [0.1, 0.15) is 52.1 Å². The van der Waals surface area contributed by atoms with Crippen LogP contribution in [0.4, 0.5) is 0 Å². The average Bonchev–Trinajstić information content (AvgIpc) is 2.35. The van der Waals surface area contributed by atoms with Gasteiger partial charge in [0.25, 0.3) is 0 Å².